The minimum absolute atomic E-state index is 0.109. The number of benzene rings is 2. The summed E-state index contributed by atoms with van der Waals surface area (Å²) in [5, 5.41) is 2.80. The van der Waals surface area contributed by atoms with E-state index in [4.69, 9.17) is 10.5 Å². The van der Waals surface area contributed by atoms with Gasteiger partial charge in [-0.3, -0.25) is 9.59 Å². The van der Waals surface area contributed by atoms with E-state index < -0.39 is 5.91 Å². The maximum absolute atomic E-state index is 11.9. The summed E-state index contributed by atoms with van der Waals surface area (Å²) in [6.45, 7) is 4.08. The van der Waals surface area contributed by atoms with Gasteiger partial charge in [0.2, 0.25) is 5.91 Å². The smallest absolute Gasteiger partial charge is 0.262 e. The molecule has 23 heavy (non-hydrogen) atoms. The monoisotopic (exact) mass is 312 g/mol. The van der Waals surface area contributed by atoms with Crippen LogP contribution in [0, 0.1) is 0 Å². The summed E-state index contributed by atoms with van der Waals surface area (Å²) in [5.41, 5.74) is 7.46. The van der Waals surface area contributed by atoms with Gasteiger partial charge in [-0.2, -0.15) is 0 Å². The molecule has 0 bridgehead atoms. The first-order valence-electron chi connectivity index (χ1n) is 7.38. The molecule has 3 N–H and O–H groups in total. The predicted octanol–water partition coefficient (Wildman–Crippen LogP) is 2.93. The molecule has 0 aliphatic carbocycles. The van der Waals surface area contributed by atoms with Gasteiger partial charge in [0, 0.05) is 11.3 Å². The van der Waals surface area contributed by atoms with Crippen molar-refractivity contribution in [1.29, 1.82) is 0 Å². The second-order valence-electron chi connectivity index (χ2n) is 5.51. The van der Waals surface area contributed by atoms with Crippen molar-refractivity contribution in [2.45, 2.75) is 19.8 Å². The quantitative estimate of drug-likeness (QED) is 0.860. The molecule has 0 fully saturated rings. The van der Waals surface area contributed by atoms with Crippen LogP contribution < -0.4 is 15.8 Å². The lowest BCUT2D eigenvalue weighted by Crippen LogP contribution is -2.20. The first kappa shape index (κ1) is 16.5. The molecule has 0 saturated heterocycles. The second kappa shape index (κ2) is 7.45. The van der Waals surface area contributed by atoms with Gasteiger partial charge in [-0.15, -0.1) is 0 Å². The molecule has 120 valence electrons. The number of nitrogens with one attached hydrogen (secondary N) is 1. The second-order valence-corrected chi connectivity index (χ2v) is 5.51. The number of rotatable bonds is 6. The summed E-state index contributed by atoms with van der Waals surface area (Å²) >= 11 is 0. The Labute approximate surface area is 135 Å². The van der Waals surface area contributed by atoms with Crippen LogP contribution in [0.15, 0.2) is 48.5 Å². The summed E-state index contributed by atoms with van der Waals surface area (Å²) in [6, 6.07) is 14.0. The summed E-state index contributed by atoms with van der Waals surface area (Å²) in [4.78, 5) is 22.9. The SMILES string of the molecule is CC(C)c1cccc(NC(=O)COc2ccc(C(N)=O)cc2)c1. The van der Waals surface area contributed by atoms with E-state index in [1.54, 1.807) is 24.3 Å². The van der Waals surface area contributed by atoms with E-state index in [1.807, 2.05) is 24.3 Å². The van der Waals surface area contributed by atoms with E-state index in [0.29, 0.717) is 17.2 Å². The van der Waals surface area contributed by atoms with Gasteiger partial charge in [0.15, 0.2) is 6.61 Å². The van der Waals surface area contributed by atoms with Gasteiger partial charge in [0.05, 0.1) is 0 Å². The Bertz CT molecular complexity index is 694. The number of anilines is 1. The first-order chi connectivity index (χ1) is 11.0. The molecule has 2 aromatic rings. The fourth-order valence-corrected chi connectivity index (χ4v) is 2.04. The van der Waals surface area contributed by atoms with E-state index >= 15 is 0 Å². The third-order valence-corrected chi connectivity index (χ3v) is 3.35. The van der Waals surface area contributed by atoms with Crippen LogP contribution in [0.1, 0.15) is 35.7 Å². The lowest BCUT2D eigenvalue weighted by molar-refractivity contribution is -0.118. The number of ether oxygens (including phenoxy) is 1. The molecule has 0 aliphatic rings. The fourth-order valence-electron chi connectivity index (χ4n) is 2.04. The standard InChI is InChI=1S/C18H20N2O3/c1-12(2)14-4-3-5-15(10-14)20-17(21)11-23-16-8-6-13(7-9-16)18(19)22/h3-10,12H,11H2,1-2H3,(H2,19,22)(H,20,21). The van der Waals surface area contributed by atoms with Crippen molar-refractivity contribution >= 4 is 17.5 Å². The zero-order valence-electron chi connectivity index (χ0n) is 13.2. The Kier molecular flexibility index (Phi) is 5.36. The first-order valence-corrected chi connectivity index (χ1v) is 7.38. The van der Waals surface area contributed by atoms with Crippen molar-refractivity contribution in [3.63, 3.8) is 0 Å². The molecule has 0 spiro atoms. The van der Waals surface area contributed by atoms with Crippen molar-refractivity contribution in [3.8, 4) is 5.75 Å². The molecule has 2 amide bonds. The molecule has 0 saturated carbocycles. The molecule has 0 unspecified atom stereocenters. The van der Waals surface area contributed by atoms with Crippen LogP contribution >= 0.6 is 0 Å². The van der Waals surface area contributed by atoms with Crippen molar-refractivity contribution in [3.05, 3.63) is 59.7 Å². The summed E-state index contributed by atoms with van der Waals surface area (Å²) in [6.07, 6.45) is 0. The third-order valence-electron chi connectivity index (χ3n) is 3.35. The van der Waals surface area contributed by atoms with Crippen LogP contribution in [0.25, 0.3) is 0 Å². The van der Waals surface area contributed by atoms with Crippen molar-refractivity contribution in [2.75, 3.05) is 11.9 Å². The highest BCUT2D eigenvalue weighted by Crippen LogP contribution is 2.18. The Morgan fingerprint density at radius 2 is 1.83 bits per heavy atom. The van der Waals surface area contributed by atoms with Gasteiger partial charge in [-0.25, -0.2) is 0 Å². The maximum Gasteiger partial charge on any atom is 0.262 e. The molecular formula is C18H20N2O3. The Morgan fingerprint density at radius 1 is 1.13 bits per heavy atom. The molecular weight excluding hydrogens is 292 g/mol. The van der Waals surface area contributed by atoms with Gasteiger partial charge >= 0.3 is 0 Å². The molecule has 0 heterocycles. The topological polar surface area (TPSA) is 81.4 Å². The largest absolute Gasteiger partial charge is 0.484 e. The highest BCUT2D eigenvalue weighted by atomic mass is 16.5. The van der Waals surface area contributed by atoms with E-state index in [0.717, 1.165) is 11.3 Å². The number of primary amides is 1. The molecule has 0 aromatic heterocycles. The average Bonchev–Trinajstić information content (AvgIpc) is 2.53. The highest BCUT2D eigenvalue weighted by molar-refractivity contribution is 5.93. The third kappa shape index (κ3) is 4.85. The molecule has 0 aliphatic heterocycles. The van der Waals surface area contributed by atoms with Crippen LogP contribution in [0.5, 0.6) is 5.75 Å². The zero-order valence-corrected chi connectivity index (χ0v) is 13.2. The minimum Gasteiger partial charge on any atom is -0.484 e. The lowest BCUT2D eigenvalue weighted by Gasteiger charge is -2.10. The predicted molar refractivity (Wildman–Crippen MR) is 89.6 cm³/mol. The normalized spacial score (nSPS) is 10.4. The van der Waals surface area contributed by atoms with E-state index in [1.165, 1.54) is 0 Å². The number of nitrogens with two attached hydrogens (primary N) is 1. The van der Waals surface area contributed by atoms with E-state index in [-0.39, 0.29) is 12.5 Å². The Morgan fingerprint density at radius 3 is 2.43 bits per heavy atom. The van der Waals surface area contributed by atoms with Gasteiger partial charge < -0.3 is 15.8 Å². The number of hydrogen-bond acceptors (Lipinski definition) is 3. The number of amides is 2. The van der Waals surface area contributed by atoms with Crippen molar-refractivity contribution in [1.82, 2.24) is 0 Å². The number of carbonyl (C=O) groups excluding carboxylic acids is 2. The van der Waals surface area contributed by atoms with E-state index in [9.17, 15) is 9.59 Å². The van der Waals surface area contributed by atoms with Crippen molar-refractivity contribution in [2.24, 2.45) is 5.73 Å². The maximum atomic E-state index is 11.9. The van der Waals surface area contributed by atoms with E-state index in [2.05, 4.69) is 19.2 Å². The molecule has 2 aromatic carbocycles. The number of carbonyl (C=O) groups is 2. The lowest BCUT2D eigenvalue weighted by atomic mass is 10.0. The van der Waals surface area contributed by atoms with Gasteiger partial charge in [0.1, 0.15) is 5.75 Å². The molecule has 0 atom stereocenters. The van der Waals surface area contributed by atoms with Crippen LogP contribution in [0.3, 0.4) is 0 Å². The minimum atomic E-state index is -0.501. The van der Waals surface area contributed by atoms with Gasteiger partial charge in [0.25, 0.3) is 5.91 Å². The summed E-state index contributed by atoms with van der Waals surface area (Å²) in [5.74, 6) is 0.150. The molecule has 0 radical (unpaired) electrons. The summed E-state index contributed by atoms with van der Waals surface area (Å²) in [7, 11) is 0. The van der Waals surface area contributed by atoms with Crippen LogP contribution in [-0.2, 0) is 4.79 Å². The molecule has 5 heteroatoms. The van der Waals surface area contributed by atoms with Gasteiger partial charge in [-0.05, 0) is 47.9 Å². The Balaban J connectivity index is 1.90. The van der Waals surface area contributed by atoms with Gasteiger partial charge in [-0.1, -0.05) is 26.0 Å². The Hall–Kier alpha value is -2.82. The molecule has 2 rings (SSSR count). The highest BCUT2D eigenvalue weighted by Gasteiger charge is 2.06. The van der Waals surface area contributed by atoms with Crippen LogP contribution in [0.2, 0.25) is 0 Å². The average molecular weight is 312 g/mol. The van der Waals surface area contributed by atoms with Crippen LogP contribution in [0.4, 0.5) is 5.69 Å². The molecule has 5 nitrogen and oxygen atoms in total. The number of hydrogen-bond donors (Lipinski definition) is 2. The summed E-state index contributed by atoms with van der Waals surface area (Å²) < 4.78 is 5.39. The van der Waals surface area contributed by atoms with Crippen molar-refractivity contribution < 1.29 is 14.3 Å². The fraction of sp³-hybridized carbons (Fsp3) is 0.222. The zero-order chi connectivity index (χ0) is 16.8. The van der Waals surface area contributed by atoms with Crippen LogP contribution in [-0.4, -0.2) is 18.4 Å².